The van der Waals surface area contributed by atoms with Crippen LogP contribution in [0.2, 0.25) is 0 Å². The molecule has 0 spiro atoms. The molecule has 38 heavy (non-hydrogen) atoms. The second-order valence-corrected chi connectivity index (χ2v) is 9.43. The van der Waals surface area contributed by atoms with Gasteiger partial charge in [0.15, 0.2) is 5.78 Å². The first-order chi connectivity index (χ1) is 18.5. The number of amides is 1. The first-order valence-electron chi connectivity index (χ1n) is 12.1. The smallest absolute Gasteiger partial charge is 0.253 e. The predicted molar refractivity (Wildman–Crippen MR) is 150 cm³/mol. The van der Waals surface area contributed by atoms with E-state index < -0.39 is 11.9 Å². The fraction of sp³-hybridized carbons (Fsp3) is 0.161. The zero-order chi connectivity index (χ0) is 26.7. The van der Waals surface area contributed by atoms with E-state index in [-0.39, 0.29) is 18.8 Å². The van der Waals surface area contributed by atoms with E-state index in [4.69, 9.17) is 14.2 Å². The molecule has 0 aliphatic rings. The van der Waals surface area contributed by atoms with E-state index in [1.54, 1.807) is 18.2 Å². The molecule has 1 atom stereocenters. The van der Waals surface area contributed by atoms with Crippen molar-refractivity contribution in [3.8, 4) is 17.2 Å². The van der Waals surface area contributed by atoms with Crippen molar-refractivity contribution in [1.82, 2.24) is 5.32 Å². The lowest BCUT2D eigenvalue weighted by Gasteiger charge is -2.19. The highest BCUT2D eigenvalue weighted by atomic mass is 79.9. The van der Waals surface area contributed by atoms with Gasteiger partial charge in [-0.05, 0) is 69.5 Å². The highest BCUT2D eigenvalue weighted by Crippen LogP contribution is 2.23. The Kier molecular flexibility index (Phi) is 9.67. The monoisotopic (exact) mass is 573 g/mol. The fourth-order valence-corrected chi connectivity index (χ4v) is 4.18. The molecule has 1 N–H and O–H groups in total. The van der Waals surface area contributed by atoms with Crippen molar-refractivity contribution >= 4 is 27.6 Å². The van der Waals surface area contributed by atoms with Crippen LogP contribution in [0.5, 0.6) is 17.2 Å². The number of Topliss-reactive ketones (excluding diaryl/α,β-unsaturated/α-hetero) is 1. The van der Waals surface area contributed by atoms with Crippen molar-refractivity contribution in [2.75, 3.05) is 13.7 Å². The summed E-state index contributed by atoms with van der Waals surface area (Å²) in [6.07, 6.45) is 0.130. The van der Waals surface area contributed by atoms with Crippen LogP contribution >= 0.6 is 15.9 Å². The number of carbonyl (C=O) groups is 2. The van der Waals surface area contributed by atoms with E-state index in [2.05, 4.69) is 21.2 Å². The average molecular weight is 574 g/mol. The summed E-state index contributed by atoms with van der Waals surface area (Å²) in [5.74, 6) is 1.38. The minimum Gasteiger partial charge on any atom is -0.497 e. The summed E-state index contributed by atoms with van der Waals surface area (Å²) in [4.78, 5) is 26.5. The Bertz CT molecular complexity index is 1340. The van der Waals surface area contributed by atoms with E-state index in [0.29, 0.717) is 28.1 Å². The number of carbonyl (C=O) groups excluding carboxylic acids is 2. The van der Waals surface area contributed by atoms with Crippen LogP contribution in [0.15, 0.2) is 108 Å². The molecule has 194 valence electrons. The third kappa shape index (κ3) is 7.78. The summed E-state index contributed by atoms with van der Waals surface area (Å²) in [7, 11) is 1.53. The number of ether oxygens (including phenoxy) is 3. The maximum Gasteiger partial charge on any atom is 0.253 e. The molecule has 4 rings (SSSR count). The Balaban J connectivity index is 1.44. The molecule has 0 saturated carbocycles. The predicted octanol–water partition coefficient (Wildman–Crippen LogP) is 6.38. The number of rotatable bonds is 12. The molecule has 1 unspecified atom stereocenters. The number of ketones is 1. The normalized spacial score (nSPS) is 11.4. The van der Waals surface area contributed by atoms with Gasteiger partial charge in [-0.25, -0.2) is 0 Å². The molecule has 0 saturated heterocycles. The molecule has 4 aromatic carbocycles. The van der Waals surface area contributed by atoms with Crippen molar-refractivity contribution in [3.05, 3.63) is 124 Å². The van der Waals surface area contributed by atoms with Gasteiger partial charge in [-0.2, -0.15) is 0 Å². The van der Waals surface area contributed by atoms with Gasteiger partial charge in [-0.3, -0.25) is 9.59 Å². The van der Waals surface area contributed by atoms with Crippen LogP contribution in [0.1, 0.15) is 21.5 Å². The van der Waals surface area contributed by atoms with Gasteiger partial charge in [0.1, 0.15) is 23.3 Å². The number of benzene rings is 4. The second-order valence-electron chi connectivity index (χ2n) is 8.57. The molecule has 0 fully saturated rings. The highest BCUT2D eigenvalue weighted by Gasteiger charge is 2.23. The maximum absolute atomic E-state index is 13.3. The van der Waals surface area contributed by atoms with Gasteiger partial charge >= 0.3 is 0 Å². The summed E-state index contributed by atoms with van der Waals surface area (Å²) in [5, 5.41) is 2.85. The number of hydrogen-bond donors (Lipinski definition) is 1. The topological polar surface area (TPSA) is 73.9 Å². The van der Waals surface area contributed by atoms with Gasteiger partial charge < -0.3 is 19.5 Å². The average Bonchev–Trinajstić information content (AvgIpc) is 2.95. The van der Waals surface area contributed by atoms with E-state index in [0.717, 1.165) is 16.9 Å². The lowest BCUT2D eigenvalue weighted by Crippen LogP contribution is -2.45. The van der Waals surface area contributed by atoms with Gasteiger partial charge in [0.25, 0.3) is 5.91 Å². The van der Waals surface area contributed by atoms with Gasteiger partial charge in [0, 0.05) is 10.9 Å². The summed E-state index contributed by atoms with van der Waals surface area (Å²) in [6.45, 7) is 0.366. The number of hydrogen-bond acceptors (Lipinski definition) is 5. The Morgan fingerprint density at radius 3 is 2.11 bits per heavy atom. The largest absolute Gasteiger partial charge is 0.497 e. The van der Waals surface area contributed by atoms with Crippen molar-refractivity contribution < 1.29 is 23.8 Å². The van der Waals surface area contributed by atoms with E-state index in [9.17, 15) is 9.59 Å². The first-order valence-corrected chi connectivity index (χ1v) is 12.9. The van der Waals surface area contributed by atoms with Crippen LogP contribution in [0.3, 0.4) is 0 Å². The summed E-state index contributed by atoms with van der Waals surface area (Å²) in [5.41, 5.74) is 2.16. The van der Waals surface area contributed by atoms with Gasteiger partial charge in [0.2, 0.25) is 0 Å². The number of nitrogens with one attached hydrogen (secondary N) is 1. The summed E-state index contributed by atoms with van der Waals surface area (Å²) < 4.78 is 17.5. The van der Waals surface area contributed by atoms with Crippen molar-refractivity contribution in [1.29, 1.82) is 0 Å². The minimum atomic E-state index is -0.843. The molecule has 7 heteroatoms. The molecule has 0 bridgehead atoms. The van der Waals surface area contributed by atoms with Gasteiger partial charge in [0.05, 0.1) is 25.9 Å². The van der Waals surface area contributed by atoms with Crippen molar-refractivity contribution in [3.63, 3.8) is 0 Å². The van der Waals surface area contributed by atoms with Crippen LogP contribution in [-0.4, -0.2) is 31.4 Å². The third-order valence-corrected chi connectivity index (χ3v) is 6.48. The van der Waals surface area contributed by atoms with Crippen LogP contribution in [-0.2, 0) is 22.6 Å². The third-order valence-electron chi connectivity index (χ3n) is 5.79. The fourth-order valence-electron chi connectivity index (χ4n) is 3.75. The number of para-hydroxylation sites is 1. The van der Waals surface area contributed by atoms with E-state index in [1.807, 2.05) is 84.9 Å². The molecule has 0 heterocycles. The van der Waals surface area contributed by atoms with E-state index >= 15 is 0 Å². The zero-order valence-corrected chi connectivity index (χ0v) is 22.5. The standard InChI is InChI=1S/C31H28BrNO5/c1-36-26-16-17-28(32)27(19-26)31(35)33-29(21-37-20-23-8-4-2-5-9-23)30(34)18-22-12-14-25(15-13-22)38-24-10-6-3-7-11-24/h2-17,19,29H,18,20-21H2,1H3,(H,33,35). The molecule has 0 aromatic heterocycles. The van der Waals surface area contributed by atoms with E-state index in [1.165, 1.54) is 7.11 Å². The molecule has 0 radical (unpaired) electrons. The van der Waals surface area contributed by atoms with Gasteiger partial charge in [-0.15, -0.1) is 0 Å². The number of halogens is 1. The Morgan fingerprint density at radius 2 is 1.42 bits per heavy atom. The zero-order valence-electron chi connectivity index (χ0n) is 20.9. The lowest BCUT2D eigenvalue weighted by atomic mass is 10.0. The van der Waals surface area contributed by atoms with Crippen LogP contribution < -0.4 is 14.8 Å². The maximum atomic E-state index is 13.3. The van der Waals surface area contributed by atoms with Crippen LogP contribution in [0.4, 0.5) is 0 Å². The molecule has 0 aliphatic carbocycles. The molecule has 0 aliphatic heterocycles. The van der Waals surface area contributed by atoms with Crippen LogP contribution in [0.25, 0.3) is 0 Å². The Morgan fingerprint density at radius 1 is 0.789 bits per heavy atom. The van der Waals surface area contributed by atoms with Crippen molar-refractivity contribution in [2.45, 2.75) is 19.1 Å². The molecular formula is C31H28BrNO5. The second kappa shape index (κ2) is 13.6. The molecule has 1 amide bonds. The first kappa shape index (κ1) is 27.1. The van der Waals surface area contributed by atoms with Crippen LogP contribution in [0, 0.1) is 0 Å². The Labute approximate surface area is 230 Å². The number of methoxy groups -OCH3 is 1. The minimum absolute atomic E-state index is 0.0380. The van der Waals surface area contributed by atoms with Crippen molar-refractivity contribution in [2.24, 2.45) is 0 Å². The highest BCUT2D eigenvalue weighted by molar-refractivity contribution is 9.10. The SMILES string of the molecule is COc1ccc(Br)c(C(=O)NC(COCc2ccccc2)C(=O)Cc2ccc(Oc3ccccc3)cc2)c1. The Hall–Kier alpha value is -3.94. The molecular weight excluding hydrogens is 546 g/mol. The quantitative estimate of drug-likeness (QED) is 0.213. The van der Waals surface area contributed by atoms with Gasteiger partial charge in [-0.1, -0.05) is 60.7 Å². The summed E-state index contributed by atoms with van der Waals surface area (Å²) >= 11 is 3.41. The summed E-state index contributed by atoms with van der Waals surface area (Å²) in [6, 6.07) is 30.7. The lowest BCUT2D eigenvalue weighted by molar-refractivity contribution is -0.121. The molecule has 4 aromatic rings. The molecule has 6 nitrogen and oxygen atoms in total.